The highest BCUT2D eigenvalue weighted by molar-refractivity contribution is 7.91. The summed E-state index contributed by atoms with van der Waals surface area (Å²) in [5.74, 6) is -0.0897. The van der Waals surface area contributed by atoms with E-state index in [1.807, 2.05) is 18.7 Å². The number of hydrogen-bond donors (Lipinski definition) is 1. The normalized spacial score (nSPS) is 19.5. The number of hydrogen-bond acceptors (Lipinski definition) is 4. The van der Waals surface area contributed by atoms with Gasteiger partial charge < -0.3 is 5.32 Å². The van der Waals surface area contributed by atoms with Crippen LogP contribution in [0.15, 0.2) is 24.3 Å². The van der Waals surface area contributed by atoms with Crippen LogP contribution in [0.25, 0.3) is 0 Å². The van der Waals surface area contributed by atoms with Crippen LogP contribution in [0.4, 0.5) is 4.39 Å². The van der Waals surface area contributed by atoms with Gasteiger partial charge in [0.25, 0.3) is 0 Å². The lowest BCUT2D eigenvalue weighted by Gasteiger charge is -2.28. The minimum Gasteiger partial charge on any atom is -0.348 e. The van der Waals surface area contributed by atoms with E-state index < -0.39 is 9.84 Å². The molecule has 5 nitrogen and oxygen atoms in total. The van der Waals surface area contributed by atoms with E-state index in [1.165, 1.54) is 12.1 Å². The van der Waals surface area contributed by atoms with Crippen molar-refractivity contribution in [2.24, 2.45) is 5.92 Å². The van der Waals surface area contributed by atoms with Crippen molar-refractivity contribution in [1.82, 2.24) is 10.2 Å². The summed E-state index contributed by atoms with van der Waals surface area (Å²) in [4.78, 5) is 14.1. The Kier molecular flexibility index (Phi) is 5.75. The monoisotopic (exact) mass is 342 g/mol. The molecule has 0 aliphatic carbocycles. The minimum absolute atomic E-state index is 0.103. The number of benzene rings is 1. The molecule has 0 unspecified atom stereocenters. The highest BCUT2D eigenvalue weighted by Crippen LogP contribution is 2.21. The van der Waals surface area contributed by atoms with Crippen LogP contribution in [0.5, 0.6) is 0 Å². The largest absolute Gasteiger partial charge is 0.348 e. The lowest BCUT2D eigenvalue weighted by molar-refractivity contribution is -0.123. The maximum Gasteiger partial charge on any atom is 0.234 e. The summed E-state index contributed by atoms with van der Waals surface area (Å²) in [7, 11) is -2.94. The molecule has 0 spiro atoms. The van der Waals surface area contributed by atoms with Gasteiger partial charge in [0.2, 0.25) is 5.91 Å². The molecular formula is C16H23FN2O3S. The molecule has 1 heterocycles. The summed E-state index contributed by atoms with van der Waals surface area (Å²) in [6.45, 7) is 4.93. The zero-order chi connectivity index (χ0) is 17.0. The maximum atomic E-state index is 13.0. The number of sulfone groups is 1. The molecule has 1 saturated heterocycles. The molecule has 1 N–H and O–H groups in total. The molecule has 1 fully saturated rings. The van der Waals surface area contributed by atoms with E-state index in [1.54, 1.807) is 12.1 Å². The summed E-state index contributed by atoms with van der Waals surface area (Å²) in [5.41, 5.74) is 0.857. The van der Waals surface area contributed by atoms with Crippen molar-refractivity contribution in [3.63, 3.8) is 0 Å². The SMILES string of the molecule is CC(C)[C@H](NC(=O)CN1CCS(=O)(=O)CC1)c1ccc(F)cc1. The first-order valence-electron chi connectivity index (χ1n) is 7.74. The Balaban J connectivity index is 1.95. The smallest absolute Gasteiger partial charge is 0.234 e. The van der Waals surface area contributed by atoms with E-state index in [0.29, 0.717) is 13.1 Å². The first kappa shape index (κ1) is 17.9. The fraction of sp³-hybridized carbons (Fsp3) is 0.562. The van der Waals surface area contributed by atoms with Gasteiger partial charge in [-0.05, 0) is 23.6 Å². The number of carbonyl (C=O) groups is 1. The maximum absolute atomic E-state index is 13.0. The molecule has 1 aromatic carbocycles. The highest BCUT2D eigenvalue weighted by atomic mass is 32.2. The van der Waals surface area contributed by atoms with Gasteiger partial charge in [-0.25, -0.2) is 12.8 Å². The van der Waals surface area contributed by atoms with Gasteiger partial charge in [0.1, 0.15) is 5.82 Å². The number of amides is 1. The molecule has 1 amide bonds. The summed E-state index contributed by atoms with van der Waals surface area (Å²) >= 11 is 0. The molecule has 1 atom stereocenters. The van der Waals surface area contributed by atoms with Crippen molar-refractivity contribution < 1.29 is 17.6 Å². The van der Waals surface area contributed by atoms with Gasteiger partial charge in [0.05, 0.1) is 24.1 Å². The van der Waals surface area contributed by atoms with E-state index in [0.717, 1.165) is 5.56 Å². The summed E-state index contributed by atoms with van der Waals surface area (Å²) in [6, 6.07) is 5.91. The van der Waals surface area contributed by atoms with Gasteiger partial charge >= 0.3 is 0 Å². The zero-order valence-electron chi connectivity index (χ0n) is 13.5. The third kappa shape index (κ3) is 5.28. The van der Waals surface area contributed by atoms with E-state index in [9.17, 15) is 17.6 Å². The van der Waals surface area contributed by atoms with Crippen LogP contribution in [0.1, 0.15) is 25.5 Å². The van der Waals surface area contributed by atoms with Gasteiger partial charge in [-0.2, -0.15) is 0 Å². The molecule has 0 aromatic heterocycles. The van der Waals surface area contributed by atoms with Gasteiger partial charge in [-0.15, -0.1) is 0 Å². The van der Waals surface area contributed by atoms with Crippen molar-refractivity contribution in [1.29, 1.82) is 0 Å². The summed E-state index contributed by atoms with van der Waals surface area (Å²) < 4.78 is 35.8. The predicted molar refractivity (Wildman–Crippen MR) is 87.2 cm³/mol. The topological polar surface area (TPSA) is 66.5 Å². The van der Waals surface area contributed by atoms with Crippen molar-refractivity contribution >= 4 is 15.7 Å². The Morgan fingerprint density at radius 2 is 1.78 bits per heavy atom. The molecule has 1 aromatic rings. The van der Waals surface area contributed by atoms with Crippen LogP contribution in [0.3, 0.4) is 0 Å². The van der Waals surface area contributed by atoms with Crippen molar-refractivity contribution in [3.05, 3.63) is 35.6 Å². The lowest BCUT2D eigenvalue weighted by Crippen LogP contribution is -2.46. The van der Waals surface area contributed by atoms with Gasteiger partial charge in [-0.1, -0.05) is 26.0 Å². The molecular weight excluding hydrogens is 319 g/mol. The molecule has 1 aliphatic rings. The van der Waals surface area contributed by atoms with Crippen LogP contribution in [-0.4, -0.2) is 50.4 Å². The average Bonchev–Trinajstić information content (AvgIpc) is 2.48. The summed E-state index contributed by atoms with van der Waals surface area (Å²) in [5, 5.41) is 2.97. The molecule has 2 rings (SSSR count). The molecule has 0 bridgehead atoms. The van der Waals surface area contributed by atoms with Crippen molar-refractivity contribution in [3.8, 4) is 0 Å². The van der Waals surface area contributed by atoms with Gasteiger partial charge in [0, 0.05) is 13.1 Å². The number of nitrogens with one attached hydrogen (secondary N) is 1. The Morgan fingerprint density at radius 3 is 2.30 bits per heavy atom. The lowest BCUT2D eigenvalue weighted by atomic mass is 9.96. The van der Waals surface area contributed by atoms with E-state index in [2.05, 4.69) is 5.32 Å². The molecule has 0 radical (unpaired) electrons. The quantitative estimate of drug-likeness (QED) is 0.878. The second-order valence-electron chi connectivity index (χ2n) is 6.27. The number of halogens is 1. The minimum atomic E-state index is -2.94. The van der Waals surface area contributed by atoms with E-state index in [-0.39, 0.29) is 41.7 Å². The Morgan fingerprint density at radius 1 is 1.22 bits per heavy atom. The summed E-state index contributed by atoms with van der Waals surface area (Å²) in [6.07, 6.45) is 0. The molecule has 23 heavy (non-hydrogen) atoms. The van der Waals surface area contributed by atoms with Crippen LogP contribution in [0.2, 0.25) is 0 Å². The van der Waals surface area contributed by atoms with Crippen LogP contribution < -0.4 is 5.32 Å². The molecule has 128 valence electrons. The van der Waals surface area contributed by atoms with Crippen molar-refractivity contribution in [2.45, 2.75) is 19.9 Å². The van der Waals surface area contributed by atoms with Gasteiger partial charge in [0.15, 0.2) is 9.84 Å². The number of rotatable bonds is 5. The first-order valence-corrected chi connectivity index (χ1v) is 9.56. The highest BCUT2D eigenvalue weighted by Gasteiger charge is 2.24. The van der Waals surface area contributed by atoms with Crippen LogP contribution >= 0.6 is 0 Å². The fourth-order valence-corrected chi connectivity index (χ4v) is 3.91. The average molecular weight is 342 g/mol. The Labute approximate surface area is 136 Å². The van der Waals surface area contributed by atoms with Crippen LogP contribution in [0, 0.1) is 11.7 Å². The standard InChI is InChI=1S/C16H23FN2O3S/c1-12(2)16(13-3-5-14(17)6-4-13)18-15(20)11-19-7-9-23(21,22)10-8-19/h3-6,12,16H,7-11H2,1-2H3,(H,18,20)/t16-/m0/s1. The van der Waals surface area contributed by atoms with E-state index in [4.69, 9.17) is 0 Å². The van der Waals surface area contributed by atoms with E-state index >= 15 is 0 Å². The third-order valence-corrected chi connectivity index (χ3v) is 5.63. The third-order valence-electron chi connectivity index (χ3n) is 4.02. The zero-order valence-corrected chi connectivity index (χ0v) is 14.3. The predicted octanol–water partition coefficient (Wildman–Crippen LogP) is 1.37. The Bertz CT molecular complexity index is 630. The Hall–Kier alpha value is -1.47. The molecule has 7 heteroatoms. The van der Waals surface area contributed by atoms with Gasteiger partial charge in [-0.3, -0.25) is 9.69 Å². The second kappa shape index (κ2) is 7.40. The van der Waals surface area contributed by atoms with Crippen molar-refractivity contribution in [2.75, 3.05) is 31.1 Å². The number of carbonyl (C=O) groups excluding carboxylic acids is 1. The molecule has 0 saturated carbocycles. The second-order valence-corrected chi connectivity index (χ2v) is 8.57. The first-order chi connectivity index (χ1) is 10.8. The van der Waals surface area contributed by atoms with Crippen LogP contribution in [-0.2, 0) is 14.6 Å². The fourth-order valence-electron chi connectivity index (χ4n) is 2.64. The molecule has 1 aliphatic heterocycles. The number of nitrogens with zero attached hydrogens (tertiary/aromatic N) is 1.